The molecule has 70 heavy (non-hydrogen) atoms. The van der Waals surface area contributed by atoms with Crippen LogP contribution < -0.4 is 9.80 Å². The first-order valence-corrected chi connectivity index (χ1v) is 23.7. The van der Waals surface area contributed by atoms with E-state index in [0.717, 1.165) is 84.1 Å². The fraction of sp³-hybridized carbons (Fsp3) is 0.0303. The highest BCUT2D eigenvalue weighted by molar-refractivity contribution is 5.93. The van der Waals surface area contributed by atoms with Gasteiger partial charge in [0.1, 0.15) is 6.07 Å². The van der Waals surface area contributed by atoms with Gasteiger partial charge in [-0.3, -0.25) is 0 Å². The first kappa shape index (κ1) is 41.9. The van der Waals surface area contributed by atoms with Crippen molar-refractivity contribution in [2.75, 3.05) is 9.80 Å². The Hall–Kier alpha value is -9.48. The van der Waals surface area contributed by atoms with Crippen LogP contribution in [-0.2, 0) is 0 Å². The molecule has 2 unspecified atom stereocenters. The van der Waals surface area contributed by atoms with Gasteiger partial charge in [-0.05, 0) is 110 Å². The third-order valence-corrected chi connectivity index (χ3v) is 13.9. The molecular formula is C66H44N4. The van der Waals surface area contributed by atoms with Gasteiger partial charge < -0.3 is 9.80 Å². The predicted molar refractivity (Wildman–Crippen MR) is 288 cm³/mol. The molecule has 0 bridgehead atoms. The number of nitrogens with zero attached hydrogens (tertiary/aromatic N) is 4. The van der Waals surface area contributed by atoms with Crippen LogP contribution in [0.15, 0.2) is 288 Å². The lowest BCUT2D eigenvalue weighted by atomic mass is 9.67. The minimum Gasteiger partial charge on any atom is -0.329 e. The lowest BCUT2D eigenvalue weighted by Gasteiger charge is -2.44. The van der Waals surface area contributed by atoms with Gasteiger partial charge in [-0.25, -0.2) is 4.85 Å². The summed E-state index contributed by atoms with van der Waals surface area (Å²) in [5.74, 6) is -0.0964. The van der Waals surface area contributed by atoms with Crippen molar-refractivity contribution < 1.29 is 0 Å². The molecule has 0 aliphatic heterocycles. The monoisotopic (exact) mass is 892 g/mol. The number of para-hydroxylation sites is 3. The summed E-state index contributed by atoms with van der Waals surface area (Å²) >= 11 is 0. The van der Waals surface area contributed by atoms with Gasteiger partial charge in [-0.1, -0.05) is 206 Å². The minimum atomic E-state index is -0.271. The van der Waals surface area contributed by atoms with Crippen LogP contribution in [0.3, 0.4) is 0 Å². The third-order valence-electron chi connectivity index (χ3n) is 13.9. The highest BCUT2D eigenvalue weighted by Gasteiger charge is 2.41. The Kier molecular flexibility index (Phi) is 10.8. The lowest BCUT2D eigenvalue weighted by molar-refractivity contribution is 0.773. The van der Waals surface area contributed by atoms with Gasteiger partial charge in [0, 0.05) is 28.4 Å². The van der Waals surface area contributed by atoms with Crippen molar-refractivity contribution >= 4 is 28.4 Å². The van der Waals surface area contributed by atoms with E-state index in [2.05, 4.69) is 227 Å². The molecule has 0 spiro atoms. The van der Waals surface area contributed by atoms with E-state index in [0.29, 0.717) is 11.3 Å². The Morgan fingerprint density at radius 1 is 0.471 bits per heavy atom. The molecular weight excluding hydrogens is 849 g/mol. The summed E-state index contributed by atoms with van der Waals surface area (Å²) in [5, 5.41) is 10.8. The minimum absolute atomic E-state index is 0.0964. The molecule has 328 valence electrons. The van der Waals surface area contributed by atoms with Crippen molar-refractivity contribution in [1.82, 2.24) is 0 Å². The molecule has 12 rings (SSSR count). The number of hydrogen-bond donors (Lipinski definition) is 0. The zero-order chi connectivity index (χ0) is 47.0. The van der Waals surface area contributed by atoms with E-state index >= 15 is 0 Å². The molecule has 0 radical (unpaired) electrons. The normalized spacial score (nSPS) is 16.1. The Balaban J connectivity index is 1.04. The zero-order valence-electron chi connectivity index (χ0n) is 38.2. The molecule has 0 N–H and O–H groups in total. The average molecular weight is 893 g/mol. The van der Waals surface area contributed by atoms with Crippen LogP contribution in [-0.4, -0.2) is 6.04 Å². The molecule has 0 saturated carbocycles. The van der Waals surface area contributed by atoms with Crippen LogP contribution in [0.1, 0.15) is 5.56 Å². The molecule has 0 amide bonds. The van der Waals surface area contributed by atoms with Crippen molar-refractivity contribution in [1.29, 1.82) is 5.26 Å². The average Bonchev–Trinajstić information content (AvgIpc) is 3.44. The van der Waals surface area contributed by atoms with Crippen molar-refractivity contribution in [2.45, 2.75) is 6.04 Å². The van der Waals surface area contributed by atoms with E-state index in [1.54, 1.807) is 0 Å². The van der Waals surface area contributed by atoms with Gasteiger partial charge in [0.15, 0.2) is 0 Å². The summed E-state index contributed by atoms with van der Waals surface area (Å²) < 4.78 is 0. The lowest BCUT2D eigenvalue weighted by Crippen LogP contribution is -2.38. The summed E-state index contributed by atoms with van der Waals surface area (Å²) in [6.07, 6.45) is 18.2. The second-order valence-corrected chi connectivity index (χ2v) is 17.8. The molecule has 4 aliphatic rings. The highest BCUT2D eigenvalue weighted by atomic mass is 15.2. The van der Waals surface area contributed by atoms with Gasteiger partial charge in [-0.2, -0.15) is 5.26 Å². The maximum atomic E-state index is 10.8. The Morgan fingerprint density at radius 2 is 1.03 bits per heavy atom. The fourth-order valence-electron chi connectivity index (χ4n) is 10.7. The van der Waals surface area contributed by atoms with E-state index in [4.69, 9.17) is 6.57 Å². The first-order chi connectivity index (χ1) is 34.7. The summed E-state index contributed by atoms with van der Waals surface area (Å²) in [6.45, 7) is 8.44. The molecule has 4 nitrogen and oxygen atoms in total. The van der Waals surface area contributed by atoms with E-state index < -0.39 is 0 Å². The maximum absolute atomic E-state index is 10.8. The number of hydrogen-bond acceptors (Lipinski definition) is 3. The van der Waals surface area contributed by atoms with Crippen LogP contribution in [0, 0.1) is 23.8 Å². The highest BCUT2D eigenvalue weighted by Crippen LogP contribution is 2.54. The fourth-order valence-corrected chi connectivity index (χ4v) is 10.7. The SMILES string of the molecule is [C-]#[N+]c1ccccc1N(C1=C2C=CC3=C4C(=CC=C(C=C1)C24)C(N(c1ccccc1C#N)c1ccc(-c2ccccc2)cc1-c1ccccc1)C=C3)c1ccc(-c2ccccc2)cc1-c1ccccc1. The number of allylic oxidation sites excluding steroid dienone is 10. The number of anilines is 4. The van der Waals surface area contributed by atoms with Gasteiger partial charge >= 0.3 is 0 Å². The second kappa shape index (κ2) is 18.0. The standard InChI is InChI=1S/C66H44N4/c1-68-58-27-15-17-29-64(58)70(63-41-35-52(46-20-8-3-9-21-46)43-57(63)48-24-12-5-13-25-48)61-39-33-50-30-36-54-60(38-32-49-31-37-55(61)66(50)65(49)54)69(59-28-16-14-26-53(59)44-67)62-40-34-51(45-18-6-2-7-19-45)42-56(62)47-22-10-4-11-23-47/h2-43,60,66H. The van der Waals surface area contributed by atoms with E-state index in [-0.39, 0.29) is 12.0 Å². The number of nitriles is 1. The van der Waals surface area contributed by atoms with Crippen LogP contribution in [0.2, 0.25) is 0 Å². The molecule has 4 aliphatic carbocycles. The number of benzene rings is 8. The van der Waals surface area contributed by atoms with Crippen LogP contribution in [0.4, 0.5) is 28.4 Å². The molecule has 8 aromatic carbocycles. The van der Waals surface area contributed by atoms with E-state index in [1.807, 2.05) is 48.5 Å². The molecule has 0 fully saturated rings. The summed E-state index contributed by atoms with van der Waals surface area (Å²) in [7, 11) is 0. The molecule has 0 saturated heterocycles. The van der Waals surface area contributed by atoms with Crippen molar-refractivity contribution in [3.05, 3.63) is 305 Å². The van der Waals surface area contributed by atoms with Crippen LogP contribution >= 0.6 is 0 Å². The van der Waals surface area contributed by atoms with Gasteiger partial charge in [-0.15, -0.1) is 0 Å². The van der Waals surface area contributed by atoms with Crippen molar-refractivity contribution in [3.8, 4) is 50.6 Å². The summed E-state index contributed by atoms with van der Waals surface area (Å²) in [4.78, 5) is 8.80. The first-order valence-electron chi connectivity index (χ1n) is 23.7. The third kappa shape index (κ3) is 7.33. The molecule has 4 heteroatoms. The van der Waals surface area contributed by atoms with Crippen LogP contribution in [0.25, 0.3) is 49.4 Å². The Labute approximate surface area is 409 Å². The predicted octanol–water partition coefficient (Wildman–Crippen LogP) is 16.9. The second-order valence-electron chi connectivity index (χ2n) is 17.8. The Morgan fingerprint density at radius 3 is 1.66 bits per heavy atom. The molecule has 0 aromatic heterocycles. The molecule has 0 heterocycles. The Bertz CT molecular complexity index is 3670. The van der Waals surface area contributed by atoms with Gasteiger partial charge in [0.05, 0.1) is 35.2 Å². The zero-order valence-corrected chi connectivity index (χ0v) is 38.2. The van der Waals surface area contributed by atoms with Crippen LogP contribution in [0.5, 0.6) is 0 Å². The molecule has 8 aromatic rings. The summed E-state index contributed by atoms with van der Waals surface area (Å²) in [6, 6.07) is 73.8. The van der Waals surface area contributed by atoms with E-state index in [9.17, 15) is 5.26 Å². The van der Waals surface area contributed by atoms with Crippen molar-refractivity contribution in [3.63, 3.8) is 0 Å². The maximum Gasteiger partial charge on any atom is 0.210 e. The molecule has 2 atom stereocenters. The topological polar surface area (TPSA) is 34.6 Å². The summed E-state index contributed by atoms with van der Waals surface area (Å²) in [5.41, 5.74) is 20.6. The van der Waals surface area contributed by atoms with Gasteiger partial charge in [0.25, 0.3) is 0 Å². The van der Waals surface area contributed by atoms with Gasteiger partial charge in [0.2, 0.25) is 5.69 Å². The van der Waals surface area contributed by atoms with Crippen molar-refractivity contribution in [2.24, 2.45) is 5.92 Å². The number of rotatable bonds is 10. The smallest absolute Gasteiger partial charge is 0.210 e. The largest absolute Gasteiger partial charge is 0.329 e. The van der Waals surface area contributed by atoms with E-state index in [1.165, 1.54) is 16.7 Å². The quantitative estimate of drug-likeness (QED) is 0.128.